The number of aromatic nitrogens is 1. The van der Waals surface area contributed by atoms with Gasteiger partial charge in [0, 0.05) is 11.8 Å². The zero-order chi connectivity index (χ0) is 11.4. The molecule has 1 aromatic heterocycles. The monoisotopic (exact) mass is 210 g/mol. The molecule has 1 heterocycles. The average Bonchev–Trinajstić information content (AvgIpc) is 2.31. The summed E-state index contributed by atoms with van der Waals surface area (Å²) in [4.78, 5) is 17.9. The Labute approximate surface area is 93.5 Å². The molecule has 0 saturated heterocycles. The van der Waals surface area contributed by atoms with E-state index in [1.54, 1.807) is 18.3 Å². The normalized spacial score (nSPS) is 9.56. The number of rotatable bonds is 2. The van der Waals surface area contributed by atoms with E-state index in [1.165, 1.54) is 6.08 Å². The van der Waals surface area contributed by atoms with Crippen molar-refractivity contribution >= 4 is 11.8 Å². The van der Waals surface area contributed by atoms with Crippen molar-refractivity contribution in [3.63, 3.8) is 0 Å². The highest BCUT2D eigenvalue weighted by atomic mass is 16.1. The quantitative estimate of drug-likeness (QED) is 0.564. The number of benzene rings is 1. The van der Waals surface area contributed by atoms with Crippen molar-refractivity contribution in [3.8, 4) is 11.3 Å². The predicted molar refractivity (Wildman–Crippen MR) is 62.2 cm³/mol. The molecule has 1 aromatic carbocycles. The molecule has 3 nitrogen and oxygen atoms in total. The molecule has 0 N–H and O–H groups in total. The minimum Gasteiger partial charge on any atom is -0.256 e. The summed E-state index contributed by atoms with van der Waals surface area (Å²) in [5.41, 5.74) is 3.69. The van der Waals surface area contributed by atoms with Gasteiger partial charge in [-0.25, -0.2) is 4.79 Å². The molecule has 0 unspecified atom stereocenters. The van der Waals surface area contributed by atoms with Gasteiger partial charge in [0.2, 0.25) is 6.08 Å². The molecule has 3 heteroatoms. The Morgan fingerprint density at radius 3 is 2.56 bits per heavy atom. The second-order valence-corrected chi connectivity index (χ2v) is 3.42. The van der Waals surface area contributed by atoms with Crippen LogP contribution in [-0.2, 0) is 4.79 Å². The van der Waals surface area contributed by atoms with Crippen LogP contribution in [0.5, 0.6) is 0 Å². The van der Waals surface area contributed by atoms with Gasteiger partial charge in [0.1, 0.15) is 0 Å². The summed E-state index contributed by atoms with van der Waals surface area (Å²) in [7, 11) is 0. The first-order valence-corrected chi connectivity index (χ1v) is 4.91. The number of aryl methyl sites for hydroxylation is 1. The predicted octanol–water partition coefficient (Wildman–Crippen LogP) is 3.02. The molecule has 0 aliphatic heterocycles. The summed E-state index contributed by atoms with van der Waals surface area (Å²) in [6.45, 7) is 2.01. The van der Waals surface area contributed by atoms with Crippen molar-refractivity contribution in [1.82, 2.24) is 4.98 Å². The molecule has 0 fully saturated rings. The number of isocyanates is 1. The van der Waals surface area contributed by atoms with Crippen molar-refractivity contribution in [1.29, 1.82) is 0 Å². The molecule has 16 heavy (non-hydrogen) atoms. The number of pyridine rings is 1. The third-order valence-corrected chi connectivity index (χ3v) is 2.32. The topological polar surface area (TPSA) is 42.3 Å². The fourth-order valence-corrected chi connectivity index (χ4v) is 1.53. The third kappa shape index (κ3) is 2.05. The fourth-order valence-electron chi connectivity index (χ4n) is 1.53. The van der Waals surface area contributed by atoms with E-state index in [9.17, 15) is 4.79 Å². The Kier molecular flexibility index (Phi) is 2.90. The van der Waals surface area contributed by atoms with Crippen molar-refractivity contribution in [2.24, 2.45) is 4.99 Å². The fraction of sp³-hybridized carbons (Fsp3) is 0.0769. The zero-order valence-electron chi connectivity index (χ0n) is 8.84. The van der Waals surface area contributed by atoms with Crippen LogP contribution in [0.3, 0.4) is 0 Å². The smallest absolute Gasteiger partial charge is 0.240 e. The Morgan fingerprint density at radius 2 is 1.94 bits per heavy atom. The Morgan fingerprint density at radius 1 is 1.19 bits per heavy atom. The van der Waals surface area contributed by atoms with Crippen molar-refractivity contribution < 1.29 is 4.79 Å². The first kappa shape index (κ1) is 10.3. The number of hydrogen-bond acceptors (Lipinski definition) is 3. The average molecular weight is 210 g/mol. The largest absolute Gasteiger partial charge is 0.256 e. The summed E-state index contributed by atoms with van der Waals surface area (Å²) in [5, 5.41) is 0. The van der Waals surface area contributed by atoms with E-state index < -0.39 is 0 Å². The molecule has 78 valence electrons. The summed E-state index contributed by atoms with van der Waals surface area (Å²) < 4.78 is 0. The van der Waals surface area contributed by atoms with Gasteiger partial charge in [-0.2, -0.15) is 4.99 Å². The van der Waals surface area contributed by atoms with E-state index in [0.29, 0.717) is 5.69 Å². The van der Waals surface area contributed by atoms with Gasteiger partial charge in [-0.3, -0.25) is 4.98 Å². The molecule has 0 radical (unpaired) electrons. The molecular formula is C13H10N2O. The molecule has 0 atom stereocenters. The van der Waals surface area contributed by atoms with Crippen molar-refractivity contribution in [2.45, 2.75) is 6.92 Å². The van der Waals surface area contributed by atoms with E-state index in [-0.39, 0.29) is 0 Å². The van der Waals surface area contributed by atoms with E-state index in [1.807, 2.05) is 31.2 Å². The first-order chi connectivity index (χ1) is 7.81. The van der Waals surface area contributed by atoms with E-state index >= 15 is 0 Å². The molecule has 0 aliphatic carbocycles. The highest BCUT2D eigenvalue weighted by Crippen LogP contribution is 2.22. The minimum absolute atomic E-state index is 0.604. The van der Waals surface area contributed by atoms with Crippen LogP contribution in [0.25, 0.3) is 11.3 Å². The maximum absolute atomic E-state index is 10.1. The van der Waals surface area contributed by atoms with E-state index in [4.69, 9.17) is 0 Å². The lowest BCUT2D eigenvalue weighted by atomic mass is 10.1. The SMILES string of the molecule is Cc1cccnc1-c1ccc(N=C=O)cc1. The lowest BCUT2D eigenvalue weighted by Gasteiger charge is -2.03. The second kappa shape index (κ2) is 4.51. The molecular weight excluding hydrogens is 200 g/mol. The van der Waals surface area contributed by atoms with Crippen LogP contribution in [0, 0.1) is 6.92 Å². The van der Waals surface area contributed by atoms with Gasteiger partial charge in [0.25, 0.3) is 0 Å². The molecule has 0 spiro atoms. The van der Waals surface area contributed by atoms with Gasteiger partial charge < -0.3 is 0 Å². The Balaban J connectivity index is 2.42. The molecule has 2 aromatic rings. The van der Waals surface area contributed by atoms with E-state index in [2.05, 4.69) is 9.98 Å². The van der Waals surface area contributed by atoms with E-state index in [0.717, 1.165) is 16.8 Å². The lowest BCUT2D eigenvalue weighted by Crippen LogP contribution is -1.86. The van der Waals surface area contributed by atoms with Crippen LogP contribution in [0.4, 0.5) is 5.69 Å². The second-order valence-electron chi connectivity index (χ2n) is 3.42. The first-order valence-electron chi connectivity index (χ1n) is 4.91. The Bertz CT molecular complexity index is 540. The van der Waals surface area contributed by atoms with Crippen LogP contribution in [-0.4, -0.2) is 11.1 Å². The summed E-state index contributed by atoms with van der Waals surface area (Å²) in [6, 6.07) is 11.3. The number of aliphatic imine (C=N–C) groups is 1. The number of carbonyl (C=O) groups excluding carboxylic acids is 1. The standard InChI is InChI=1S/C13H10N2O/c1-10-3-2-8-14-13(10)11-4-6-12(7-5-11)15-9-16/h2-8H,1H3. The maximum atomic E-state index is 10.1. The summed E-state index contributed by atoms with van der Waals surface area (Å²) in [5.74, 6) is 0. The highest BCUT2D eigenvalue weighted by molar-refractivity contribution is 5.65. The van der Waals surface area contributed by atoms with Gasteiger partial charge in [0.05, 0.1) is 11.4 Å². The van der Waals surface area contributed by atoms with Crippen LogP contribution in [0.1, 0.15) is 5.56 Å². The van der Waals surface area contributed by atoms with Crippen LogP contribution in [0.15, 0.2) is 47.6 Å². The number of nitrogens with zero attached hydrogens (tertiary/aromatic N) is 2. The highest BCUT2D eigenvalue weighted by Gasteiger charge is 2.01. The van der Waals surface area contributed by atoms with Crippen molar-refractivity contribution in [3.05, 3.63) is 48.2 Å². The van der Waals surface area contributed by atoms with Gasteiger partial charge in [-0.15, -0.1) is 0 Å². The van der Waals surface area contributed by atoms with Gasteiger partial charge >= 0.3 is 0 Å². The molecule has 2 rings (SSSR count). The van der Waals surface area contributed by atoms with Crippen LogP contribution < -0.4 is 0 Å². The third-order valence-electron chi connectivity index (χ3n) is 2.32. The van der Waals surface area contributed by atoms with Gasteiger partial charge in [-0.1, -0.05) is 18.2 Å². The van der Waals surface area contributed by atoms with Crippen LogP contribution in [0.2, 0.25) is 0 Å². The number of hydrogen-bond donors (Lipinski definition) is 0. The minimum atomic E-state index is 0.604. The molecule has 0 amide bonds. The van der Waals surface area contributed by atoms with Crippen LogP contribution >= 0.6 is 0 Å². The summed E-state index contributed by atoms with van der Waals surface area (Å²) >= 11 is 0. The maximum Gasteiger partial charge on any atom is 0.240 e. The van der Waals surface area contributed by atoms with Gasteiger partial charge in [-0.05, 0) is 30.7 Å². The zero-order valence-corrected chi connectivity index (χ0v) is 8.84. The molecule has 0 saturated carbocycles. The summed E-state index contributed by atoms with van der Waals surface area (Å²) in [6.07, 6.45) is 3.28. The lowest BCUT2D eigenvalue weighted by molar-refractivity contribution is 0.565. The van der Waals surface area contributed by atoms with Gasteiger partial charge in [0.15, 0.2) is 0 Å². The molecule has 0 bridgehead atoms. The Hall–Kier alpha value is -2.25. The van der Waals surface area contributed by atoms with Crippen molar-refractivity contribution in [2.75, 3.05) is 0 Å². The molecule has 0 aliphatic rings.